The van der Waals surface area contributed by atoms with Crippen molar-refractivity contribution in [2.45, 2.75) is 51.0 Å². The van der Waals surface area contributed by atoms with E-state index in [0.29, 0.717) is 5.91 Å². The number of ether oxygens (including phenoxy) is 1. The zero-order valence-electron chi connectivity index (χ0n) is 11.0. The topological polar surface area (TPSA) is 38.3 Å². The van der Waals surface area contributed by atoms with Crippen LogP contribution in [0.2, 0.25) is 0 Å². The molecule has 1 N–H and O–H groups in total. The average molecular weight is 249 g/mol. The lowest BCUT2D eigenvalue weighted by Crippen LogP contribution is -2.55. The van der Waals surface area contributed by atoms with Crippen molar-refractivity contribution in [1.82, 2.24) is 5.32 Å². The fraction of sp³-hybridized carbons (Fsp3) is 0.933. The molecule has 5 aliphatic rings. The maximum absolute atomic E-state index is 12.7. The fourth-order valence-electron chi connectivity index (χ4n) is 5.38. The molecule has 1 saturated heterocycles. The summed E-state index contributed by atoms with van der Waals surface area (Å²) in [6.07, 6.45) is 8.70. The van der Waals surface area contributed by atoms with Crippen LogP contribution >= 0.6 is 0 Å². The van der Waals surface area contributed by atoms with E-state index in [4.69, 9.17) is 4.74 Å². The zero-order valence-corrected chi connectivity index (χ0v) is 11.0. The van der Waals surface area contributed by atoms with Crippen molar-refractivity contribution in [2.75, 3.05) is 13.2 Å². The molecule has 5 fully saturated rings. The number of amides is 1. The van der Waals surface area contributed by atoms with E-state index >= 15 is 0 Å². The largest absolute Gasteiger partial charge is 0.379 e. The third-order valence-electron chi connectivity index (χ3n) is 5.78. The highest BCUT2D eigenvalue weighted by Crippen LogP contribution is 2.60. The minimum atomic E-state index is 0.0112. The summed E-state index contributed by atoms with van der Waals surface area (Å²) in [6.45, 7) is 1.53. The normalized spacial score (nSPS) is 49.6. The Bertz CT molecular complexity index is 324. The third-order valence-corrected chi connectivity index (χ3v) is 5.78. The number of hydrogen-bond donors (Lipinski definition) is 1. The van der Waals surface area contributed by atoms with E-state index in [1.165, 1.54) is 38.5 Å². The highest BCUT2D eigenvalue weighted by atomic mass is 16.5. The van der Waals surface area contributed by atoms with E-state index in [-0.39, 0.29) is 11.5 Å². The second-order valence-electron chi connectivity index (χ2n) is 7.23. The average Bonchev–Trinajstić information content (AvgIpc) is 2.79. The second-order valence-corrected chi connectivity index (χ2v) is 7.23. The van der Waals surface area contributed by atoms with Gasteiger partial charge in [0.1, 0.15) is 0 Å². The van der Waals surface area contributed by atoms with Gasteiger partial charge in [-0.05, 0) is 62.7 Å². The minimum absolute atomic E-state index is 0.0112. The smallest absolute Gasteiger partial charge is 0.226 e. The zero-order chi connectivity index (χ0) is 12.2. The molecule has 0 aromatic heterocycles. The Morgan fingerprint density at radius 1 is 1.06 bits per heavy atom. The van der Waals surface area contributed by atoms with Crippen LogP contribution < -0.4 is 5.32 Å². The van der Waals surface area contributed by atoms with Crippen molar-refractivity contribution in [1.29, 1.82) is 0 Å². The minimum Gasteiger partial charge on any atom is -0.379 e. The van der Waals surface area contributed by atoms with Gasteiger partial charge in [-0.25, -0.2) is 0 Å². The molecule has 3 nitrogen and oxygen atoms in total. The number of rotatable bonds is 2. The summed E-state index contributed by atoms with van der Waals surface area (Å²) < 4.78 is 5.36. The first-order chi connectivity index (χ1) is 8.73. The molecular weight excluding hydrogens is 226 g/mol. The van der Waals surface area contributed by atoms with Crippen molar-refractivity contribution in [3.05, 3.63) is 0 Å². The molecule has 4 bridgehead atoms. The Hall–Kier alpha value is -0.570. The summed E-state index contributed by atoms with van der Waals surface area (Å²) >= 11 is 0. The Morgan fingerprint density at radius 2 is 1.67 bits per heavy atom. The lowest BCUT2D eigenvalue weighted by Gasteiger charge is -2.55. The predicted molar refractivity (Wildman–Crippen MR) is 68.0 cm³/mol. The van der Waals surface area contributed by atoms with Crippen LogP contribution in [0.25, 0.3) is 0 Å². The standard InChI is InChI=1S/C15H23NO2/c17-14(16-13-1-2-18-9-13)15-6-10-3-11(7-15)5-12(4-10)8-15/h10-13H,1-9H2,(H,16,17). The van der Waals surface area contributed by atoms with E-state index in [9.17, 15) is 4.79 Å². The Balaban J connectivity index is 1.50. The van der Waals surface area contributed by atoms with Crippen LogP contribution in [-0.2, 0) is 9.53 Å². The summed E-state index contributed by atoms with van der Waals surface area (Å²) in [6, 6.07) is 0.283. The van der Waals surface area contributed by atoms with Crippen LogP contribution in [0.3, 0.4) is 0 Å². The van der Waals surface area contributed by atoms with Crippen molar-refractivity contribution in [3.63, 3.8) is 0 Å². The van der Waals surface area contributed by atoms with Gasteiger partial charge < -0.3 is 10.1 Å². The number of hydrogen-bond acceptors (Lipinski definition) is 2. The van der Waals surface area contributed by atoms with Gasteiger partial charge in [-0.15, -0.1) is 0 Å². The van der Waals surface area contributed by atoms with Gasteiger partial charge >= 0.3 is 0 Å². The van der Waals surface area contributed by atoms with Crippen molar-refractivity contribution in [2.24, 2.45) is 23.2 Å². The summed E-state index contributed by atoms with van der Waals surface area (Å²) in [5.74, 6) is 2.91. The van der Waals surface area contributed by atoms with Crippen LogP contribution in [-0.4, -0.2) is 25.2 Å². The van der Waals surface area contributed by atoms with Gasteiger partial charge in [-0.1, -0.05) is 0 Å². The lowest BCUT2D eigenvalue weighted by atomic mass is 9.49. The van der Waals surface area contributed by atoms with Crippen LogP contribution in [0.4, 0.5) is 0 Å². The fourth-order valence-corrected chi connectivity index (χ4v) is 5.38. The summed E-state index contributed by atoms with van der Waals surface area (Å²) in [4.78, 5) is 12.7. The third kappa shape index (κ3) is 1.70. The first kappa shape index (κ1) is 11.3. The molecule has 100 valence electrons. The van der Waals surface area contributed by atoms with Gasteiger partial charge in [0.2, 0.25) is 5.91 Å². The van der Waals surface area contributed by atoms with Gasteiger partial charge in [0.05, 0.1) is 12.6 Å². The van der Waals surface area contributed by atoms with E-state index in [0.717, 1.165) is 37.4 Å². The Morgan fingerprint density at radius 3 is 2.17 bits per heavy atom. The van der Waals surface area contributed by atoms with Crippen molar-refractivity contribution >= 4 is 5.91 Å². The molecule has 1 unspecified atom stereocenters. The second kappa shape index (κ2) is 3.96. The van der Waals surface area contributed by atoms with Gasteiger partial charge in [0.15, 0.2) is 0 Å². The Kier molecular flexibility index (Phi) is 2.48. The van der Waals surface area contributed by atoms with Crippen LogP contribution in [0, 0.1) is 23.2 Å². The van der Waals surface area contributed by atoms with Gasteiger partial charge in [0, 0.05) is 12.0 Å². The Labute approximate surface area is 109 Å². The lowest BCUT2D eigenvalue weighted by molar-refractivity contribution is -0.147. The monoisotopic (exact) mass is 249 g/mol. The van der Waals surface area contributed by atoms with Crippen LogP contribution in [0.1, 0.15) is 44.9 Å². The first-order valence-corrected chi connectivity index (χ1v) is 7.62. The molecule has 0 spiro atoms. The van der Waals surface area contributed by atoms with Crippen LogP contribution in [0.5, 0.6) is 0 Å². The molecule has 4 saturated carbocycles. The number of carbonyl (C=O) groups excluding carboxylic acids is 1. The molecule has 3 heteroatoms. The highest BCUT2D eigenvalue weighted by Gasteiger charge is 2.54. The van der Waals surface area contributed by atoms with Gasteiger partial charge in [-0.3, -0.25) is 4.79 Å². The quantitative estimate of drug-likeness (QED) is 0.814. The molecule has 1 atom stereocenters. The van der Waals surface area contributed by atoms with E-state index in [2.05, 4.69) is 5.32 Å². The SMILES string of the molecule is O=C(NC1CCOC1)C12CC3CC(CC(C3)C1)C2. The number of carbonyl (C=O) groups is 1. The summed E-state index contributed by atoms with van der Waals surface area (Å²) in [5, 5.41) is 3.27. The van der Waals surface area contributed by atoms with Crippen molar-refractivity contribution < 1.29 is 9.53 Å². The molecular formula is C15H23NO2. The maximum Gasteiger partial charge on any atom is 0.226 e. The van der Waals surface area contributed by atoms with Gasteiger partial charge in [0.25, 0.3) is 0 Å². The molecule has 0 radical (unpaired) electrons. The molecule has 1 aliphatic heterocycles. The van der Waals surface area contributed by atoms with Crippen molar-refractivity contribution in [3.8, 4) is 0 Å². The maximum atomic E-state index is 12.7. The molecule has 5 rings (SSSR count). The molecule has 1 amide bonds. The number of nitrogens with one attached hydrogen (secondary N) is 1. The summed E-state index contributed by atoms with van der Waals surface area (Å²) in [7, 11) is 0. The molecule has 18 heavy (non-hydrogen) atoms. The van der Waals surface area contributed by atoms with Crippen LogP contribution in [0.15, 0.2) is 0 Å². The molecule has 0 aromatic carbocycles. The van der Waals surface area contributed by atoms with E-state index < -0.39 is 0 Å². The van der Waals surface area contributed by atoms with Gasteiger partial charge in [-0.2, -0.15) is 0 Å². The first-order valence-electron chi connectivity index (χ1n) is 7.62. The molecule has 0 aromatic rings. The van der Waals surface area contributed by atoms with E-state index in [1.807, 2.05) is 0 Å². The highest BCUT2D eigenvalue weighted by molar-refractivity contribution is 5.83. The molecule has 4 aliphatic carbocycles. The predicted octanol–water partition coefficient (Wildman–Crippen LogP) is 2.11. The summed E-state index contributed by atoms with van der Waals surface area (Å²) in [5.41, 5.74) is 0.0112. The van der Waals surface area contributed by atoms with E-state index in [1.54, 1.807) is 0 Å². The molecule has 1 heterocycles.